The van der Waals surface area contributed by atoms with Crippen LogP contribution in [0.25, 0.3) is 0 Å². The van der Waals surface area contributed by atoms with Gasteiger partial charge in [0.25, 0.3) is 5.91 Å². The van der Waals surface area contributed by atoms with Crippen LogP contribution in [0.2, 0.25) is 0 Å². The van der Waals surface area contributed by atoms with Crippen molar-refractivity contribution in [3.8, 4) is 11.5 Å². The molecular formula is C19H23NO5S. The maximum Gasteiger partial charge on any atom is 0.262 e. The average Bonchev–Trinajstić information content (AvgIpc) is 2.55. The third-order valence-electron chi connectivity index (χ3n) is 3.69. The van der Waals surface area contributed by atoms with Gasteiger partial charge in [0.1, 0.15) is 18.1 Å². The lowest BCUT2D eigenvalue weighted by Gasteiger charge is -2.10. The minimum atomic E-state index is -3.07. The molecule has 140 valence electrons. The van der Waals surface area contributed by atoms with Crippen LogP contribution in [-0.4, -0.2) is 39.5 Å². The van der Waals surface area contributed by atoms with E-state index in [2.05, 4.69) is 5.32 Å². The molecule has 0 radical (unpaired) electrons. The fraction of sp³-hybridized carbons (Fsp3) is 0.316. The van der Waals surface area contributed by atoms with Crippen LogP contribution < -0.4 is 14.8 Å². The summed E-state index contributed by atoms with van der Waals surface area (Å²) in [5, 5.41) is 2.72. The molecule has 0 heterocycles. The Labute approximate surface area is 154 Å². The Balaban J connectivity index is 1.86. The molecule has 7 heteroatoms. The van der Waals surface area contributed by atoms with Gasteiger partial charge in [-0.05, 0) is 49.2 Å². The average molecular weight is 377 g/mol. The number of aryl methyl sites for hydroxylation is 2. The molecule has 26 heavy (non-hydrogen) atoms. The van der Waals surface area contributed by atoms with Crippen molar-refractivity contribution in [1.82, 2.24) is 0 Å². The molecule has 1 N–H and O–H groups in total. The molecule has 1 amide bonds. The van der Waals surface area contributed by atoms with Gasteiger partial charge in [0.15, 0.2) is 16.4 Å². The van der Waals surface area contributed by atoms with Crippen LogP contribution in [0.3, 0.4) is 0 Å². The predicted molar refractivity (Wildman–Crippen MR) is 102 cm³/mol. The smallest absolute Gasteiger partial charge is 0.262 e. The molecule has 0 spiro atoms. The van der Waals surface area contributed by atoms with Crippen molar-refractivity contribution in [2.24, 2.45) is 0 Å². The molecule has 0 aliphatic rings. The zero-order chi connectivity index (χ0) is 19.2. The van der Waals surface area contributed by atoms with Gasteiger partial charge < -0.3 is 14.8 Å². The van der Waals surface area contributed by atoms with E-state index in [0.717, 1.165) is 17.4 Å². The van der Waals surface area contributed by atoms with Gasteiger partial charge in [-0.1, -0.05) is 12.1 Å². The molecule has 0 fully saturated rings. The molecule has 2 aromatic carbocycles. The monoisotopic (exact) mass is 377 g/mol. The first-order valence-corrected chi connectivity index (χ1v) is 10.2. The standard InChI is InChI=1S/C19H23NO5S/c1-14-7-8-18(11-15(14)2)25-13-19(21)20-16-5-4-6-17(12-16)24-9-10-26(3,22)23/h4-8,11-12H,9-10,13H2,1-3H3,(H,20,21). The first kappa shape index (κ1) is 19.8. The van der Waals surface area contributed by atoms with E-state index in [1.807, 2.05) is 32.0 Å². The number of hydrogen-bond donors (Lipinski definition) is 1. The summed E-state index contributed by atoms with van der Waals surface area (Å²) in [5.41, 5.74) is 2.81. The summed E-state index contributed by atoms with van der Waals surface area (Å²) in [5.74, 6) is 0.770. The van der Waals surface area contributed by atoms with Crippen molar-refractivity contribution < 1.29 is 22.7 Å². The number of amides is 1. The fourth-order valence-corrected chi connectivity index (χ4v) is 2.51. The molecule has 0 unspecified atom stereocenters. The van der Waals surface area contributed by atoms with Gasteiger partial charge in [-0.2, -0.15) is 0 Å². The van der Waals surface area contributed by atoms with Crippen LogP contribution in [0.4, 0.5) is 5.69 Å². The highest BCUT2D eigenvalue weighted by atomic mass is 32.2. The number of carbonyl (C=O) groups is 1. The number of rotatable bonds is 8. The van der Waals surface area contributed by atoms with Crippen LogP contribution >= 0.6 is 0 Å². The van der Waals surface area contributed by atoms with Crippen molar-refractivity contribution in [2.75, 3.05) is 30.5 Å². The Hall–Kier alpha value is -2.54. The van der Waals surface area contributed by atoms with E-state index >= 15 is 0 Å². The van der Waals surface area contributed by atoms with E-state index in [-0.39, 0.29) is 24.9 Å². The first-order chi connectivity index (χ1) is 12.2. The van der Waals surface area contributed by atoms with E-state index in [9.17, 15) is 13.2 Å². The number of anilines is 1. The van der Waals surface area contributed by atoms with Crippen molar-refractivity contribution in [3.05, 3.63) is 53.6 Å². The van der Waals surface area contributed by atoms with Gasteiger partial charge in [-0.3, -0.25) is 4.79 Å². The van der Waals surface area contributed by atoms with Gasteiger partial charge in [-0.25, -0.2) is 8.42 Å². The Kier molecular flexibility index (Phi) is 6.63. The molecule has 0 aliphatic heterocycles. The van der Waals surface area contributed by atoms with E-state index in [4.69, 9.17) is 9.47 Å². The lowest BCUT2D eigenvalue weighted by molar-refractivity contribution is -0.118. The first-order valence-electron chi connectivity index (χ1n) is 8.13. The molecule has 2 rings (SSSR count). The maximum atomic E-state index is 12.0. The van der Waals surface area contributed by atoms with Gasteiger partial charge in [0.2, 0.25) is 0 Å². The Bertz CT molecular complexity index is 877. The number of nitrogens with one attached hydrogen (secondary N) is 1. The molecule has 2 aromatic rings. The minimum Gasteiger partial charge on any atom is -0.492 e. The highest BCUT2D eigenvalue weighted by Gasteiger charge is 2.07. The van der Waals surface area contributed by atoms with Crippen LogP contribution in [0.5, 0.6) is 11.5 Å². The molecule has 0 saturated carbocycles. The van der Waals surface area contributed by atoms with E-state index in [0.29, 0.717) is 17.2 Å². The van der Waals surface area contributed by atoms with Crippen LogP contribution in [0.15, 0.2) is 42.5 Å². The highest BCUT2D eigenvalue weighted by Crippen LogP contribution is 2.18. The largest absolute Gasteiger partial charge is 0.492 e. The zero-order valence-electron chi connectivity index (χ0n) is 15.1. The summed E-state index contributed by atoms with van der Waals surface area (Å²) in [6.45, 7) is 3.95. The number of hydrogen-bond acceptors (Lipinski definition) is 5. The Morgan fingerprint density at radius 1 is 1.00 bits per heavy atom. The lowest BCUT2D eigenvalue weighted by Crippen LogP contribution is -2.20. The Morgan fingerprint density at radius 2 is 1.73 bits per heavy atom. The third kappa shape index (κ3) is 6.76. The molecule has 6 nitrogen and oxygen atoms in total. The lowest BCUT2D eigenvalue weighted by atomic mass is 10.1. The molecule has 0 aliphatic carbocycles. The second kappa shape index (κ2) is 8.71. The zero-order valence-corrected chi connectivity index (χ0v) is 15.9. The van der Waals surface area contributed by atoms with Gasteiger partial charge in [0, 0.05) is 18.0 Å². The number of benzene rings is 2. The van der Waals surface area contributed by atoms with Gasteiger partial charge >= 0.3 is 0 Å². The highest BCUT2D eigenvalue weighted by molar-refractivity contribution is 7.90. The Morgan fingerprint density at radius 3 is 2.42 bits per heavy atom. The van der Waals surface area contributed by atoms with Gasteiger partial charge in [-0.15, -0.1) is 0 Å². The molecular weight excluding hydrogens is 354 g/mol. The normalized spacial score (nSPS) is 11.0. The number of ether oxygens (including phenoxy) is 2. The summed E-state index contributed by atoms with van der Waals surface area (Å²) in [7, 11) is -3.07. The summed E-state index contributed by atoms with van der Waals surface area (Å²) in [4.78, 5) is 12.0. The number of carbonyl (C=O) groups excluding carboxylic acids is 1. The van der Waals surface area contributed by atoms with Crippen molar-refractivity contribution in [1.29, 1.82) is 0 Å². The van der Waals surface area contributed by atoms with E-state index < -0.39 is 9.84 Å². The molecule has 0 saturated heterocycles. The summed E-state index contributed by atoms with van der Waals surface area (Å²) >= 11 is 0. The third-order valence-corrected chi connectivity index (χ3v) is 4.60. The number of sulfone groups is 1. The van der Waals surface area contributed by atoms with Crippen molar-refractivity contribution in [3.63, 3.8) is 0 Å². The fourth-order valence-electron chi connectivity index (χ4n) is 2.12. The van der Waals surface area contributed by atoms with Crippen LogP contribution in [0.1, 0.15) is 11.1 Å². The van der Waals surface area contributed by atoms with E-state index in [1.54, 1.807) is 24.3 Å². The topological polar surface area (TPSA) is 81.7 Å². The molecule has 0 aromatic heterocycles. The van der Waals surface area contributed by atoms with Crippen LogP contribution in [0, 0.1) is 13.8 Å². The summed E-state index contributed by atoms with van der Waals surface area (Å²) in [6, 6.07) is 12.4. The SMILES string of the molecule is Cc1ccc(OCC(=O)Nc2cccc(OCCS(C)(=O)=O)c2)cc1C. The maximum absolute atomic E-state index is 12.0. The van der Waals surface area contributed by atoms with Crippen molar-refractivity contribution in [2.45, 2.75) is 13.8 Å². The second-order valence-electron chi connectivity index (χ2n) is 6.09. The van der Waals surface area contributed by atoms with Crippen LogP contribution in [-0.2, 0) is 14.6 Å². The predicted octanol–water partition coefficient (Wildman–Crippen LogP) is 2.74. The quantitative estimate of drug-likeness (QED) is 0.765. The second-order valence-corrected chi connectivity index (χ2v) is 8.35. The minimum absolute atomic E-state index is 0.0616. The van der Waals surface area contributed by atoms with Crippen molar-refractivity contribution >= 4 is 21.4 Å². The molecule has 0 atom stereocenters. The summed E-state index contributed by atoms with van der Waals surface area (Å²) < 4.78 is 33.1. The molecule has 0 bridgehead atoms. The summed E-state index contributed by atoms with van der Waals surface area (Å²) in [6.07, 6.45) is 1.16. The van der Waals surface area contributed by atoms with E-state index in [1.165, 1.54) is 0 Å². The van der Waals surface area contributed by atoms with Gasteiger partial charge in [0.05, 0.1) is 5.75 Å².